The fraction of sp³-hybridized carbons (Fsp3) is 0.308. The van der Waals surface area contributed by atoms with Gasteiger partial charge in [-0.2, -0.15) is 8.61 Å². The van der Waals surface area contributed by atoms with E-state index in [1.807, 2.05) is 13.8 Å². The summed E-state index contributed by atoms with van der Waals surface area (Å²) in [5.41, 5.74) is 3.35. The van der Waals surface area contributed by atoms with Gasteiger partial charge >= 0.3 is 0 Å². The molecule has 0 aromatic heterocycles. The molecule has 0 spiro atoms. The summed E-state index contributed by atoms with van der Waals surface area (Å²) in [6, 6.07) is 13.4. The quantitative estimate of drug-likeness (QED) is 0.395. The van der Waals surface area contributed by atoms with E-state index < -0.39 is 20.0 Å². The molecule has 0 bridgehead atoms. The Morgan fingerprint density at radius 3 is 1.24 bits per heavy atom. The lowest BCUT2D eigenvalue weighted by Crippen LogP contribution is -2.34. The highest BCUT2D eigenvalue weighted by molar-refractivity contribution is 7.89. The third kappa shape index (κ3) is 7.50. The predicted octanol–water partition coefficient (Wildman–Crippen LogP) is 4.69. The minimum atomic E-state index is -3.73. The topological polar surface area (TPSA) is 74.8 Å². The smallest absolute Gasteiger partial charge is 0.207 e. The van der Waals surface area contributed by atoms with E-state index in [4.69, 9.17) is 0 Å². The molecule has 184 valence electrons. The summed E-state index contributed by atoms with van der Waals surface area (Å²) in [7, 11) is -7.47. The normalized spacial score (nSPS) is 12.5. The van der Waals surface area contributed by atoms with Crippen molar-refractivity contribution in [2.24, 2.45) is 0 Å². The lowest BCUT2D eigenvalue weighted by molar-refractivity contribution is 0.459. The SMILES string of the molecule is C=C(C)CN(C/C=C/CN(CC(=C)C)S(=O)(=O)c1ccc(C)cc1)S(=O)(=O)c1ccc(C)cc1. The number of benzene rings is 2. The monoisotopic (exact) mass is 502 g/mol. The van der Waals surface area contributed by atoms with Crippen LogP contribution in [0.1, 0.15) is 25.0 Å². The van der Waals surface area contributed by atoms with Crippen LogP contribution in [0.2, 0.25) is 0 Å². The molecule has 8 heteroatoms. The van der Waals surface area contributed by atoms with Crippen LogP contribution in [0, 0.1) is 13.8 Å². The van der Waals surface area contributed by atoms with Crippen molar-refractivity contribution in [3.05, 3.63) is 96.1 Å². The first-order chi connectivity index (χ1) is 15.8. The fourth-order valence-corrected chi connectivity index (χ4v) is 6.10. The number of sulfonamides is 2. The van der Waals surface area contributed by atoms with Crippen molar-refractivity contribution in [3.63, 3.8) is 0 Å². The van der Waals surface area contributed by atoms with Crippen LogP contribution in [0.25, 0.3) is 0 Å². The molecule has 0 heterocycles. The van der Waals surface area contributed by atoms with E-state index in [1.165, 1.54) is 8.61 Å². The number of hydrogen-bond acceptors (Lipinski definition) is 4. The van der Waals surface area contributed by atoms with E-state index in [-0.39, 0.29) is 36.0 Å². The summed E-state index contributed by atoms with van der Waals surface area (Å²) in [6.07, 6.45) is 3.34. The molecule has 0 amide bonds. The van der Waals surface area contributed by atoms with Gasteiger partial charge in [0.15, 0.2) is 0 Å². The van der Waals surface area contributed by atoms with Gasteiger partial charge in [0.2, 0.25) is 20.0 Å². The van der Waals surface area contributed by atoms with Gasteiger partial charge in [-0.1, -0.05) is 71.8 Å². The molecule has 0 fully saturated rings. The standard InChI is InChI=1S/C26H34N2O4S2/c1-21(2)19-27(33(29,30)25-13-9-23(5)10-14-25)17-7-8-18-28(20-22(3)4)34(31,32)26-15-11-24(6)12-16-26/h7-16H,1,3,17-20H2,2,4-6H3/b8-7+. The van der Waals surface area contributed by atoms with Crippen molar-refractivity contribution in [1.82, 2.24) is 8.61 Å². The molecule has 2 rings (SSSR count). The molecule has 0 radical (unpaired) electrons. The van der Waals surface area contributed by atoms with Crippen molar-refractivity contribution >= 4 is 20.0 Å². The van der Waals surface area contributed by atoms with Crippen LogP contribution in [0.3, 0.4) is 0 Å². The second-order valence-electron chi connectivity index (χ2n) is 8.61. The van der Waals surface area contributed by atoms with E-state index >= 15 is 0 Å². The summed E-state index contributed by atoms with van der Waals surface area (Å²) >= 11 is 0. The first-order valence-electron chi connectivity index (χ1n) is 10.9. The molecule has 0 atom stereocenters. The molecule has 2 aromatic rings. The number of hydrogen-bond donors (Lipinski definition) is 0. The van der Waals surface area contributed by atoms with Gasteiger partial charge in [-0.05, 0) is 52.0 Å². The summed E-state index contributed by atoms with van der Waals surface area (Å²) < 4.78 is 55.3. The summed E-state index contributed by atoms with van der Waals surface area (Å²) in [4.78, 5) is 0.414. The van der Waals surface area contributed by atoms with Crippen LogP contribution >= 0.6 is 0 Å². The van der Waals surface area contributed by atoms with Gasteiger partial charge < -0.3 is 0 Å². The van der Waals surface area contributed by atoms with E-state index in [0.29, 0.717) is 11.1 Å². The lowest BCUT2D eigenvalue weighted by Gasteiger charge is -2.22. The molecule has 0 aliphatic carbocycles. The largest absolute Gasteiger partial charge is 0.243 e. The first-order valence-corrected chi connectivity index (χ1v) is 13.8. The molecule has 34 heavy (non-hydrogen) atoms. The number of aryl methyl sites for hydroxylation is 2. The van der Waals surface area contributed by atoms with E-state index in [2.05, 4.69) is 13.2 Å². The first kappa shape index (κ1) is 27.7. The fourth-order valence-electron chi connectivity index (χ4n) is 3.20. The summed E-state index contributed by atoms with van der Waals surface area (Å²) in [5.74, 6) is 0. The molecule has 6 nitrogen and oxygen atoms in total. The highest BCUT2D eigenvalue weighted by Crippen LogP contribution is 2.19. The Balaban J connectivity index is 2.23. The Kier molecular flexibility index (Phi) is 9.58. The van der Waals surface area contributed by atoms with Gasteiger partial charge in [-0.15, -0.1) is 0 Å². The molecule has 0 aliphatic rings. The molecular formula is C26H34N2O4S2. The predicted molar refractivity (Wildman–Crippen MR) is 139 cm³/mol. The zero-order valence-electron chi connectivity index (χ0n) is 20.4. The summed E-state index contributed by atoms with van der Waals surface area (Å²) in [6.45, 7) is 15.5. The molecular weight excluding hydrogens is 468 g/mol. The Bertz CT molecular complexity index is 1150. The van der Waals surface area contributed by atoms with Gasteiger partial charge in [0, 0.05) is 26.2 Å². The van der Waals surface area contributed by atoms with Crippen LogP contribution in [0.15, 0.2) is 94.8 Å². The average molecular weight is 503 g/mol. The van der Waals surface area contributed by atoms with Gasteiger partial charge in [-0.25, -0.2) is 16.8 Å². The minimum Gasteiger partial charge on any atom is -0.207 e. The van der Waals surface area contributed by atoms with Crippen molar-refractivity contribution in [2.45, 2.75) is 37.5 Å². The Morgan fingerprint density at radius 2 is 0.971 bits per heavy atom. The zero-order valence-corrected chi connectivity index (χ0v) is 22.0. The maximum atomic E-state index is 13.2. The highest BCUT2D eigenvalue weighted by atomic mass is 32.2. The lowest BCUT2D eigenvalue weighted by atomic mass is 10.2. The molecule has 0 saturated carbocycles. The van der Waals surface area contributed by atoms with Crippen LogP contribution in [0.5, 0.6) is 0 Å². The van der Waals surface area contributed by atoms with Gasteiger partial charge in [-0.3, -0.25) is 0 Å². The Morgan fingerprint density at radius 1 is 0.676 bits per heavy atom. The van der Waals surface area contributed by atoms with Crippen LogP contribution in [0.4, 0.5) is 0 Å². The van der Waals surface area contributed by atoms with Gasteiger partial charge in [0.25, 0.3) is 0 Å². The Hall–Kier alpha value is -2.52. The van der Waals surface area contributed by atoms with Gasteiger partial charge in [0.1, 0.15) is 0 Å². The van der Waals surface area contributed by atoms with Crippen molar-refractivity contribution < 1.29 is 16.8 Å². The molecule has 0 N–H and O–H groups in total. The zero-order chi connectivity index (χ0) is 25.5. The molecule has 0 unspecified atom stereocenters. The van der Waals surface area contributed by atoms with Crippen LogP contribution in [-0.4, -0.2) is 51.6 Å². The number of nitrogens with zero attached hydrogens (tertiary/aromatic N) is 2. The van der Waals surface area contributed by atoms with Crippen molar-refractivity contribution in [3.8, 4) is 0 Å². The molecule has 0 aliphatic heterocycles. The summed E-state index contributed by atoms with van der Waals surface area (Å²) in [5, 5.41) is 0. The van der Waals surface area contributed by atoms with Crippen LogP contribution in [-0.2, 0) is 20.0 Å². The van der Waals surface area contributed by atoms with E-state index in [9.17, 15) is 16.8 Å². The third-order valence-electron chi connectivity index (χ3n) is 4.99. The minimum absolute atomic E-state index is 0.0918. The second-order valence-corrected chi connectivity index (χ2v) is 12.5. The molecule has 0 saturated heterocycles. The van der Waals surface area contributed by atoms with Crippen molar-refractivity contribution in [1.29, 1.82) is 0 Å². The van der Waals surface area contributed by atoms with E-state index in [1.54, 1.807) is 74.5 Å². The highest BCUT2D eigenvalue weighted by Gasteiger charge is 2.25. The van der Waals surface area contributed by atoms with Crippen LogP contribution < -0.4 is 0 Å². The maximum Gasteiger partial charge on any atom is 0.243 e. The van der Waals surface area contributed by atoms with Crippen molar-refractivity contribution in [2.75, 3.05) is 26.2 Å². The van der Waals surface area contributed by atoms with Gasteiger partial charge in [0.05, 0.1) is 9.79 Å². The van der Waals surface area contributed by atoms with E-state index in [0.717, 1.165) is 11.1 Å². The average Bonchev–Trinajstić information content (AvgIpc) is 2.75. The Labute approximate surface area is 205 Å². The maximum absolute atomic E-state index is 13.2. The third-order valence-corrected chi connectivity index (χ3v) is 8.65. The number of rotatable bonds is 12. The molecule has 2 aromatic carbocycles. The second kappa shape index (κ2) is 11.8.